The van der Waals surface area contributed by atoms with Crippen molar-refractivity contribution in [3.63, 3.8) is 0 Å². The number of ether oxygens (including phenoxy) is 1. The first-order valence-corrected chi connectivity index (χ1v) is 5.72. The second-order valence-corrected chi connectivity index (χ2v) is 4.07. The smallest absolute Gasteiger partial charge is 0.312 e. The van der Waals surface area contributed by atoms with Crippen molar-refractivity contribution >= 4 is 17.6 Å². The molecule has 1 unspecified atom stereocenters. The number of rotatable bonds is 5. The van der Waals surface area contributed by atoms with Gasteiger partial charge in [-0.05, 0) is 29.7 Å². The molecule has 0 bridgehead atoms. The highest BCUT2D eigenvalue weighted by atomic mass is 35.5. The van der Waals surface area contributed by atoms with Crippen molar-refractivity contribution in [1.29, 1.82) is 0 Å². The summed E-state index contributed by atoms with van der Waals surface area (Å²) in [6.07, 6.45) is 0.701. The number of halogens is 1. The van der Waals surface area contributed by atoms with Crippen molar-refractivity contribution in [2.24, 2.45) is 5.73 Å². The van der Waals surface area contributed by atoms with Gasteiger partial charge in [0.2, 0.25) is 0 Å². The zero-order chi connectivity index (χ0) is 13.0. The van der Waals surface area contributed by atoms with Gasteiger partial charge in [-0.3, -0.25) is 4.79 Å². The normalized spacial score (nSPS) is 12.2. The minimum Gasteiger partial charge on any atom is -0.495 e. The molecule has 1 aromatic rings. The van der Waals surface area contributed by atoms with E-state index in [1.807, 2.05) is 6.92 Å². The highest BCUT2D eigenvalue weighted by molar-refractivity contribution is 6.32. The molecule has 0 aliphatic rings. The molecule has 0 radical (unpaired) electrons. The third kappa shape index (κ3) is 2.90. The van der Waals surface area contributed by atoms with Gasteiger partial charge in [0.25, 0.3) is 0 Å². The molecule has 3 N–H and O–H groups in total. The van der Waals surface area contributed by atoms with E-state index in [4.69, 9.17) is 27.2 Å². The molecule has 0 aliphatic heterocycles. The van der Waals surface area contributed by atoms with E-state index < -0.39 is 11.9 Å². The number of benzene rings is 1. The van der Waals surface area contributed by atoms with Gasteiger partial charge in [0.05, 0.1) is 18.1 Å². The molecule has 0 fully saturated rings. The number of aliphatic carboxylic acids is 1. The largest absolute Gasteiger partial charge is 0.495 e. The van der Waals surface area contributed by atoms with Gasteiger partial charge in [0, 0.05) is 6.54 Å². The van der Waals surface area contributed by atoms with Crippen LogP contribution >= 0.6 is 11.6 Å². The quantitative estimate of drug-likeness (QED) is 0.847. The Morgan fingerprint density at radius 3 is 2.65 bits per heavy atom. The van der Waals surface area contributed by atoms with Crippen molar-refractivity contribution in [3.05, 3.63) is 28.3 Å². The molecule has 17 heavy (non-hydrogen) atoms. The van der Waals surface area contributed by atoms with Gasteiger partial charge in [0.15, 0.2) is 0 Å². The van der Waals surface area contributed by atoms with Gasteiger partial charge >= 0.3 is 5.97 Å². The molecule has 0 amide bonds. The summed E-state index contributed by atoms with van der Waals surface area (Å²) in [4.78, 5) is 11.1. The first kappa shape index (κ1) is 13.8. The van der Waals surface area contributed by atoms with Crippen LogP contribution in [0.25, 0.3) is 0 Å². The van der Waals surface area contributed by atoms with Crippen LogP contribution in [-0.4, -0.2) is 24.7 Å². The van der Waals surface area contributed by atoms with Crippen LogP contribution in [0.3, 0.4) is 0 Å². The summed E-state index contributed by atoms with van der Waals surface area (Å²) in [5, 5.41) is 9.51. The second-order valence-electron chi connectivity index (χ2n) is 3.67. The molecule has 0 aromatic heterocycles. The fraction of sp³-hybridized carbons (Fsp3) is 0.417. The first-order valence-electron chi connectivity index (χ1n) is 5.34. The van der Waals surface area contributed by atoms with Crippen LogP contribution in [-0.2, 0) is 11.2 Å². The predicted molar refractivity (Wildman–Crippen MR) is 66.8 cm³/mol. The lowest BCUT2D eigenvalue weighted by Crippen LogP contribution is -2.22. The molecular weight excluding hydrogens is 242 g/mol. The Morgan fingerprint density at radius 1 is 1.59 bits per heavy atom. The Labute approximate surface area is 105 Å². The van der Waals surface area contributed by atoms with Crippen molar-refractivity contribution in [2.45, 2.75) is 19.3 Å². The molecule has 1 atom stereocenters. The van der Waals surface area contributed by atoms with Crippen molar-refractivity contribution in [1.82, 2.24) is 0 Å². The lowest BCUT2D eigenvalue weighted by Gasteiger charge is -2.16. The number of hydrogen-bond acceptors (Lipinski definition) is 3. The van der Waals surface area contributed by atoms with Crippen LogP contribution in [0.15, 0.2) is 12.1 Å². The average molecular weight is 258 g/mol. The zero-order valence-corrected chi connectivity index (χ0v) is 10.6. The fourth-order valence-corrected chi connectivity index (χ4v) is 2.01. The maximum atomic E-state index is 11.1. The zero-order valence-electron chi connectivity index (χ0n) is 9.87. The van der Waals surface area contributed by atoms with Gasteiger partial charge in [0.1, 0.15) is 5.75 Å². The molecule has 0 spiro atoms. The molecule has 1 aromatic carbocycles. The summed E-state index contributed by atoms with van der Waals surface area (Å²) >= 11 is 6.01. The Kier molecular flexibility index (Phi) is 4.78. The minimum atomic E-state index is -0.941. The lowest BCUT2D eigenvalue weighted by atomic mass is 9.92. The molecule has 0 saturated heterocycles. The summed E-state index contributed by atoms with van der Waals surface area (Å²) in [5.41, 5.74) is 7.05. The maximum Gasteiger partial charge on any atom is 0.312 e. The summed E-state index contributed by atoms with van der Waals surface area (Å²) in [5.74, 6) is -1.12. The Hall–Kier alpha value is -1.26. The van der Waals surface area contributed by atoms with Crippen molar-refractivity contribution in [2.75, 3.05) is 13.7 Å². The van der Waals surface area contributed by atoms with Crippen LogP contribution in [0.1, 0.15) is 24.0 Å². The van der Waals surface area contributed by atoms with E-state index in [1.54, 1.807) is 12.1 Å². The third-order valence-corrected chi connectivity index (χ3v) is 3.00. The SMILES string of the molecule is CCc1cc(OC)c(Cl)cc1C(CN)C(=O)O. The predicted octanol–water partition coefficient (Wildman–Crippen LogP) is 2.04. The summed E-state index contributed by atoms with van der Waals surface area (Å²) in [6.45, 7) is 1.99. The molecule has 0 heterocycles. The van der Waals surface area contributed by atoms with Crippen molar-refractivity contribution in [3.8, 4) is 5.75 Å². The monoisotopic (exact) mass is 257 g/mol. The fourth-order valence-electron chi connectivity index (χ4n) is 1.76. The first-order chi connectivity index (χ1) is 8.04. The van der Waals surface area contributed by atoms with E-state index in [-0.39, 0.29) is 6.54 Å². The van der Waals surface area contributed by atoms with Crippen molar-refractivity contribution < 1.29 is 14.6 Å². The van der Waals surface area contributed by atoms with Gasteiger partial charge in [-0.2, -0.15) is 0 Å². The molecule has 1 rings (SSSR count). The Morgan fingerprint density at radius 2 is 2.24 bits per heavy atom. The van der Waals surface area contributed by atoms with E-state index in [0.29, 0.717) is 22.8 Å². The van der Waals surface area contributed by atoms with E-state index in [9.17, 15) is 4.79 Å². The Bertz CT molecular complexity index is 420. The van der Waals surface area contributed by atoms with Crippen LogP contribution in [0.2, 0.25) is 5.02 Å². The lowest BCUT2D eigenvalue weighted by molar-refractivity contribution is -0.138. The van der Waals surface area contributed by atoms with E-state index >= 15 is 0 Å². The maximum absolute atomic E-state index is 11.1. The standard InChI is InChI=1S/C12H16ClNO3/c1-3-7-4-11(17-2)10(13)5-8(7)9(6-14)12(15)16/h4-5,9H,3,6,14H2,1-2H3,(H,15,16). The van der Waals surface area contributed by atoms with Gasteiger partial charge in [-0.15, -0.1) is 0 Å². The number of carbonyl (C=O) groups is 1. The van der Waals surface area contributed by atoms with Gasteiger partial charge in [-0.25, -0.2) is 0 Å². The summed E-state index contributed by atoms with van der Waals surface area (Å²) < 4.78 is 5.11. The summed E-state index contributed by atoms with van der Waals surface area (Å²) in [6, 6.07) is 3.40. The van der Waals surface area contributed by atoms with Crippen LogP contribution < -0.4 is 10.5 Å². The number of nitrogens with two attached hydrogens (primary N) is 1. The molecule has 94 valence electrons. The molecular formula is C12H16ClNO3. The van der Waals surface area contributed by atoms with Crippen LogP contribution in [0.5, 0.6) is 5.75 Å². The number of hydrogen-bond donors (Lipinski definition) is 2. The van der Waals surface area contributed by atoms with Gasteiger partial charge < -0.3 is 15.6 Å². The highest BCUT2D eigenvalue weighted by Crippen LogP contribution is 2.32. The third-order valence-electron chi connectivity index (χ3n) is 2.70. The minimum absolute atomic E-state index is 0.0466. The highest BCUT2D eigenvalue weighted by Gasteiger charge is 2.22. The molecule has 4 nitrogen and oxygen atoms in total. The molecule has 0 aliphatic carbocycles. The number of methoxy groups -OCH3 is 1. The Balaban J connectivity index is 3.31. The van der Waals surface area contributed by atoms with E-state index in [1.165, 1.54) is 7.11 Å². The second kappa shape index (κ2) is 5.89. The number of carboxylic acids is 1. The van der Waals surface area contributed by atoms with Crippen LogP contribution in [0, 0.1) is 0 Å². The van der Waals surface area contributed by atoms with E-state index in [0.717, 1.165) is 5.56 Å². The topological polar surface area (TPSA) is 72.5 Å². The van der Waals surface area contributed by atoms with E-state index in [2.05, 4.69) is 0 Å². The molecule has 5 heteroatoms. The summed E-state index contributed by atoms with van der Waals surface area (Å²) in [7, 11) is 1.53. The average Bonchev–Trinajstić information content (AvgIpc) is 2.30. The molecule has 0 saturated carbocycles. The van der Waals surface area contributed by atoms with Gasteiger partial charge in [-0.1, -0.05) is 18.5 Å². The number of carboxylic acid groups (broad SMARTS) is 1. The number of aryl methyl sites for hydroxylation is 1. The van der Waals surface area contributed by atoms with Crippen LogP contribution in [0.4, 0.5) is 0 Å².